The molecule has 5 heteroatoms. The number of amides is 1. The van der Waals surface area contributed by atoms with E-state index in [1.165, 1.54) is 6.07 Å². The second kappa shape index (κ2) is 4.83. The number of benzene rings is 1. The Hall–Kier alpha value is -2.09. The van der Waals surface area contributed by atoms with Crippen molar-refractivity contribution in [2.75, 3.05) is 31.1 Å². The Bertz CT molecular complexity index is 461. The van der Waals surface area contributed by atoms with Gasteiger partial charge in [0.15, 0.2) is 0 Å². The van der Waals surface area contributed by atoms with Crippen molar-refractivity contribution in [1.82, 2.24) is 4.90 Å². The van der Waals surface area contributed by atoms with Crippen LogP contribution in [0.2, 0.25) is 0 Å². The Morgan fingerprint density at radius 3 is 2.53 bits per heavy atom. The molecule has 1 aliphatic rings. The molecule has 2 rings (SSSR count). The van der Waals surface area contributed by atoms with E-state index in [9.17, 15) is 9.18 Å². The molecule has 4 nitrogen and oxygen atoms in total. The normalized spacial score (nSPS) is 15.5. The Balaban J connectivity index is 2.14. The Kier molecular flexibility index (Phi) is 3.24. The highest BCUT2D eigenvalue weighted by Crippen LogP contribution is 2.21. The third kappa shape index (κ3) is 2.36. The zero-order valence-corrected chi connectivity index (χ0v) is 9.27. The molecule has 1 fully saturated rings. The number of hydrogen-bond donors (Lipinski definition) is 0. The van der Waals surface area contributed by atoms with Crippen LogP contribution >= 0.6 is 0 Å². The highest BCUT2D eigenvalue weighted by Gasteiger charge is 2.18. The summed E-state index contributed by atoms with van der Waals surface area (Å²) in [4.78, 5) is 14.1. The van der Waals surface area contributed by atoms with E-state index in [-0.39, 0.29) is 5.82 Å². The first-order valence-corrected chi connectivity index (χ1v) is 5.38. The molecule has 0 atom stereocenters. The van der Waals surface area contributed by atoms with E-state index < -0.39 is 0 Å². The minimum absolute atomic E-state index is 0.317. The molecule has 0 aromatic heterocycles. The van der Waals surface area contributed by atoms with E-state index in [0.29, 0.717) is 37.4 Å². The quantitative estimate of drug-likeness (QED) is 0.715. The van der Waals surface area contributed by atoms with Crippen molar-refractivity contribution >= 4 is 12.1 Å². The van der Waals surface area contributed by atoms with Crippen molar-refractivity contribution in [3.63, 3.8) is 0 Å². The number of piperazine rings is 1. The van der Waals surface area contributed by atoms with Gasteiger partial charge in [-0.05, 0) is 18.2 Å². The molecule has 0 bridgehead atoms. The number of rotatable bonds is 2. The predicted octanol–water partition coefficient (Wildman–Crippen LogP) is 0.976. The van der Waals surface area contributed by atoms with Gasteiger partial charge in [-0.25, -0.2) is 4.39 Å². The molecule has 0 radical (unpaired) electrons. The number of nitrogens with zero attached hydrogens (tertiary/aromatic N) is 3. The number of halogens is 1. The molecule has 1 heterocycles. The maximum Gasteiger partial charge on any atom is 0.209 e. The van der Waals surface area contributed by atoms with Crippen LogP contribution in [0.25, 0.3) is 0 Å². The maximum absolute atomic E-state index is 13.7. The number of carbonyl (C=O) groups excluding carboxylic acids is 1. The average molecular weight is 233 g/mol. The topological polar surface area (TPSA) is 47.3 Å². The summed E-state index contributed by atoms with van der Waals surface area (Å²) >= 11 is 0. The molecule has 0 aliphatic carbocycles. The van der Waals surface area contributed by atoms with E-state index in [4.69, 9.17) is 5.26 Å². The van der Waals surface area contributed by atoms with Gasteiger partial charge in [0, 0.05) is 26.2 Å². The van der Waals surface area contributed by atoms with E-state index in [2.05, 4.69) is 0 Å². The molecule has 0 N–H and O–H groups in total. The van der Waals surface area contributed by atoms with E-state index >= 15 is 0 Å². The van der Waals surface area contributed by atoms with Crippen LogP contribution in [-0.2, 0) is 4.79 Å². The Labute approximate surface area is 98.9 Å². The first-order chi connectivity index (χ1) is 8.24. The first-order valence-electron chi connectivity index (χ1n) is 5.38. The van der Waals surface area contributed by atoms with Crippen molar-refractivity contribution in [3.8, 4) is 6.07 Å². The molecule has 88 valence electrons. The van der Waals surface area contributed by atoms with E-state index in [1.54, 1.807) is 17.0 Å². The van der Waals surface area contributed by atoms with Crippen LogP contribution in [0.4, 0.5) is 10.1 Å². The summed E-state index contributed by atoms with van der Waals surface area (Å²) in [5.74, 6) is -0.386. The molecular formula is C12H12FN3O. The van der Waals surface area contributed by atoms with Gasteiger partial charge in [0.05, 0.1) is 17.3 Å². The minimum atomic E-state index is -0.386. The SMILES string of the molecule is N#Cc1ccc(N2CCN(C=O)CC2)c(F)c1. The fourth-order valence-electron chi connectivity index (χ4n) is 1.90. The first kappa shape index (κ1) is 11.4. The van der Waals surface area contributed by atoms with Gasteiger partial charge in [0.2, 0.25) is 6.41 Å². The van der Waals surface area contributed by atoms with Gasteiger partial charge in [-0.2, -0.15) is 5.26 Å². The third-order valence-electron chi connectivity index (χ3n) is 2.88. The summed E-state index contributed by atoms with van der Waals surface area (Å²) < 4.78 is 13.7. The van der Waals surface area contributed by atoms with Crippen molar-refractivity contribution in [2.45, 2.75) is 0 Å². The maximum atomic E-state index is 13.7. The zero-order chi connectivity index (χ0) is 12.3. The monoisotopic (exact) mass is 233 g/mol. The molecular weight excluding hydrogens is 221 g/mol. The third-order valence-corrected chi connectivity index (χ3v) is 2.88. The molecule has 0 spiro atoms. The Morgan fingerprint density at radius 2 is 2.00 bits per heavy atom. The highest BCUT2D eigenvalue weighted by atomic mass is 19.1. The summed E-state index contributed by atoms with van der Waals surface area (Å²) in [5, 5.41) is 8.65. The number of nitriles is 1. The zero-order valence-electron chi connectivity index (χ0n) is 9.27. The summed E-state index contributed by atoms with van der Waals surface area (Å²) in [5.41, 5.74) is 0.812. The largest absolute Gasteiger partial charge is 0.366 e. The molecule has 1 aromatic rings. The van der Waals surface area contributed by atoms with Gasteiger partial charge in [-0.3, -0.25) is 4.79 Å². The smallest absolute Gasteiger partial charge is 0.209 e. The lowest BCUT2D eigenvalue weighted by Gasteiger charge is -2.34. The van der Waals surface area contributed by atoms with Crippen molar-refractivity contribution in [1.29, 1.82) is 5.26 Å². The molecule has 1 aromatic carbocycles. The molecule has 0 saturated carbocycles. The van der Waals surface area contributed by atoms with Crippen LogP contribution < -0.4 is 4.90 Å². The molecule has 1 amide bonds. The lowest BCUT2D eigenvalue weighted by molar-refractivity contribution is -0.118. The number of carbonyl (C=O) groups is 1. The van der Waals surface area contributed by atoms with Crippen LogP contribution in [0.5, 0.6) is 0 Å². The number of anilines is 1. The highest BCUT2D eigenvalue weighted by molar-refractivity contribution is 5.53. The lowest BCUT2D eigenvalue weighted by Crippen LogP contribution is -2.46. The fraction of sp³-hybridized carbons (Fsp3) is 0.333. The molecule has 17 heavy (non-hydrogen) atoms. The van der Waals surface area contributed by atoms with Gasteiger partial charge in [0.25, 0.3) is 0 Å². The Morgan fingerprint density at radius 1 is 1.29 bits per heavy atom. The van der Waals surface area contributed by atoms with E-state index in [1.807, 2.05) is 11.0 Å². The second-order valence-electron chi connectivity index (χ2n) is 3.91. The summed E-state index contributed by atoms with van der Waals surface area (Å²) in [6.07, 6.45) is 0.812. The van der Waals surface area contributed by atoms with Crippen LogP contribution in [0, 0.1) is 17.1 Å². The molecule has 1 saturated heterocycles. The summed E-state index contributed by atoms with van der Waals surface area (Å²) in [7, 11) is 0. The van der Waals surface area contributed by atoms with Crippen LogP contribution in [0.1, 0.15) is 5.56 Å². The van der Waals surface area contributed by atoms with Crippen LogP contribution in [0.15, 0.2) is 18.2 Å². The molecule has 1 aliphatic heterocycles. The number of hydrogen-bond acceptors (Lipinski definition) is 3. The van der Waals surface area contributed by atoms with Gasteiger partial charge < -0.3 is 9.80 Å². The van der Waals surface area contributed by atoms with Gasteiger partial charge >= 0.3 is 0 Å². The average Bonchev–Trinajstić information content (AvgIpc) is 2.39. The van der Waals surface area contributed by atoms with Gasteiger partial charge in [0.1, 0.15) is 5.82 Å². The molecule has 0 unspecified atom stereocenters. The van der Waals surface area contributed by atoms with Gasteiger partial charge in [-0.1, -0.05) is 0 Å². The van der Waals surface area contributed by atoms with Crippen LogP contribution in [0.3, 0.4) is 0 Å². The van der Waals surface area contributed by atoms with E-state index in [0.717, 1.165) is 6.41 Å². The van der Waals surface area contributed by atoms with Gasteiger partial charge in [-0.15, -0.1) is 0 Å². The lowest BCUT2D eigenvalue weighted by atomic mass is 10.2. The predicted molar refractivity (Wildman–Crippen MR) is 61.0 cm³/mol. The summed E-state index contributed by atoms with van der Waals surface area (Å²) in [6, 6.07) is 6.36. The van der Waals surface area contributed by atoms with Crippen molar-refractivity contribution < 1.29 is 9.18 Å². The second-order valence-corrected chi connectivity index (χ2v) is 3.91. The van der Waals surface area contributed by atoms with Crippen molar-refractivity contribution in [2.24, 2.45) is 0 Å². The fourth-order valence-corrected chi connectivity index (χ4v) is 1.90. The summed E-state index contributed by atoms with van der Waals surface area (Å²) in [6.45, 7) is 2.43. The van der Waals surface area contributed by atoms with Crippen molar-refractivity contribution in [3.05, 3.63) is 29.6 Å². The standard InChI is InChI=1S/C12H12FN3O/c13-11-7-10(8-14)1-2-12(11)16-5-3-15(9-17)4-6-16/h1-2,7,9H,3-6H2. The minimum Gasteiger partial charge on any atom is -0.366 e. The van der Waals surface area contributed by atoms with Crippen LogP contribution in [-0.4, -0.2) is 37.5 Å².